The third-order valence-corrected chi connectivity index (χ3v) is 6.91. The van der Waals surface area contributed by atoms with Crippen LogP contribution >= 0.6 is 0 Å². The van der Waals surface area contributed by atoms with E-state index in [2.05, 4.69) is 22.2 Å². The quantitative estimate of drug-likeness (QED) is 0.482. The van der Waals surface area contributed by atoms with Gasteiger partial charge in [0.2, 0.25) is 6.23 Å². The molecule has 1 N–H and O–H groups in total. The van der Waals surface area contributed by atoms with Gasteiger partial charge in [-0.05, 0) is 86.1 Å². The van der Waals surface area contributed by atoms with Crippen LogP contribution in [0.15, 0.2) is 60.7 Å². The van der Waals surface area contributed by atoms with E-state index in [0.29, 0.717) is 36.7 Å². The van der Waals surface area contributed by atoms with E-state index in [9.17, 15) is 9.18 Å². The second-order valence-electron chi connectivity index (χ2n) is 9.40. The maximum atomic E-state index is 15.0. The van der Waals surface area contributed by atoms with Gasteiger partial charge in [-0.3, -0.25) is 9.69 Å². The average Bonchev–Trinajstić information content (AvgIpc) is 3.29. The first-order chi connectivity index (χ1) is 17.0. The topological polar surface area (TPSA) is 44.8 Å². The number of likely N-dealkylation sites (tertiary alicyclic amines) is 1. The van der Waals surface area contributed by atoms with E-state index in [4.69, 9.17) is 4.74 Å². The molecule has 0 radical (unpaired) electrons. The summed E-state index contributed by atoms with van der Waals surface area (Å²) in [7, 11) is 2.12. The lowest BCUT2D eigenvalue weighted by atomic mass is 9.99. The summed E-state index contributed by atoms with van der Waals surface area (Å²) in [6.45, 7) is 3.08. The predicted molar refractivity (Wildman–Crippen MR) is 132 cm³/mol. The molecule has 3 aromatic rings. The zero-order valence-corrected chi connectivity index (χ0v) is 19.7. The molecule has 0 aliphatic carbocycles. The molecule has 182 valence electrons. The molecule has 35 heavy (non-hydrogen) atoms. The summed E-state index contributed by atoms with van der Waals surface area (Å²) in [6, 6.07) is 17.7. The molecule has 0 aromatic heterocycles. The van der Waals surface area contributed by atoms with Crippen LogP contribution < -0.4 is 10.1 Å². The molecule has 2 aliphatic heterocycles. The first-order valence-electron chi connectivity index (χ1n) is 12.0. The highest BCUT2D eigenvalue weighted by Crippen LogP contribution is 2.36. The molecule has 3 aromatic carbocycles. The van der Waals surface area contributed by atoms with Gasteiger partial charge in [-0.1, -0.05) is 24.3 Å². The van der Waals surface area contributed by atoms with Crippen LogP contribution in [0.2, 0.25) is 0 Å². The number of carbonyl (C=O) groups is 1. The molecular weight excluding hydrogens is 448 g/mol. The first-order valence-corrected chi connectivity index (χ1v) is 12.0. The van der Waals surface area contributed by atoms with Gasteiger partial charge in [-0.2, -0.15) is 0 Å². The van der Waals surface area contributed by atoms with Crippen LogP contribution in [0.5, 0.6) is 5.75 Å². The largest absolute Gasteiger partial charge is 0.461 e. The summed E-state index contributed by atoms with van der Waals surface area (Å²) >= 11 is 0. The number of halogens is 2. The molecule has 1 unspecified atom stereocenters. The van der Waals surface area contributed by atoms with Crippen molar-refractivity contribution < 1.29 is 18.3 Å². The molecular formula is C28H29F2N3O2. The molecule has 0 saturated carbocycles. The average molecular weight is 478 g/mol. The van der Waals surface area contributed by atoms with Crippen molar-refractivity contribution in [3.63, 3.8) is 0 Å². The van der Waals surface area contributed by atoms with Crippen molar-refractivity contribution in [2.75, 3.05) is 25.5 Å². The third-order valence-electron chi connectivity index (χ3n) is 6.91. The van der Waals surface area contributed by atoms with Crippen LogP contribution in [0.3, 0.4) is 0 Å². The lowest BCUT2D eigenvalue weighted by Gasteiger charge is -2.37. The summed E-state index contributed by atoms with van der Waals surface area (Å²) in [5.41, 5.74) is 4.17. The number of hydrogen-bond donors (Lipinski definition) is 1. The molecule has 5 nitrogen and oxygen atoms in total. The number of benzene rings is 3. The Morgan fingerprint density at radius 3 is 2.46 bits per heavy atom. The van der Waals surface area contributed by atoms with E-state index in [1.54, 1.807) is 18.2 Å². The number of anilines is 1. The Hall–Kier alpha value is -3.29. The van der Waals surface area contributed by atoms with Crippen LogP contribution in [0, 0.1) is 11.6 Å². The van der Waals surface area contributed by atoms with Crippen molar-refractivity contribution in [3.05, 3.63) is 83.4 Å². The van der Waals surface area contributed by atoms with Gasteiger partial charge in [0, 0.05) is 24.7 Å². The van der Waals surface area contributed by atoms with Gasteiger partial charge in [-0.25, -0.2) is 8.78 Å². The van der Waals surface area contributed by atoms with Crippen molar-refractivity contribution in [2.45, 2.75) is 38.2 Å². The normalized spacial score (nSPS) is 18.2. The van der Waals surface area contributed by atoms with Crippen molar-refractivity contribution in [3.8, 4) is 16.9 Å². The van der Waals surface area contributed by atoms with E-state index < -0.39 is 6.23 Å². The number of aldehydes is 1. The summed E-state index contributed by atoms with van der Waals surface area (Å²) < 4.78 is 34.1. The number of rotatable bonds is 7. The molecule has 0 amide bonds. The molecule has 2 aliphatic rings. The summed E-state index contributed by atoms with van der Waals surface area (Å²) in [6.07, 6.45) is 2.05. The highest BCUT2D eigenvalue weighted by atomic mass is 19.1. The standard InChI is InChI=1S/C28H29F2N3O2/c1-32-12-10-24(11-13-32)33(16-19-2-6-23(29)7-3-19)17-22-14-20(4-8-25(22)30)21-5-9-26-27(15-21)35-28(18-34)31-26/h2-9,14-15,18,24,28,31H,10-13,16-17H2,1H3. The fraction of sp³-hybridized carbons (Fsp3) is 0.321. The molecule has 1 saturated heterocycles. The molecule has 7 heteroatoms. The first kappa shape index (κ1) is 23.5. The Balaban J connectivity index is 1.40. The van der Waals surface area contributed by atoms with Gasteiger partial charge in [0.05, 0.1) is 5.69 Å². The lowest BCUT2D eigenvalue weighted by molar-refractivity contribution is -0.112. The Bertz CT molecular complexity index is 1190. The number of piperidine rings is 1. The van der Waals surface area contributed by atoms with E-state index >= 15 is 4.39 Å². The second kappa shape index (κ2) is 10.1. The van der Waals surface area contributed by atoms with Gasteiger partial charge in [0.15, 0.2) is 6.29 Å². The number of ether oxygens (including phenoxy) is 1. The highest BCUT2D eigenvalue weighted by molar-refractivity contribution is 5.76. The monoisotopic (exact) mass is 477 g/mol. The number of nitrogens with one attached hydrogen (secondary N) is 1. The number of nitrogens with zero attached hydrogens (tertiary/aromatic N) is 2. The maximum absolute atomic E-state index is 15.0. The minimum Gasteiger partial charge on any atom is -0.461 e. The molecule has 5 rings (SSSR count). The van der Waals surface area contributed by atoms with Crippen LogP contribution in [0.1, 0.15) is 24.0 Å². The van der Waals surface area contributed by atoms with Gasteiger partial charge in [0.25, 0.3) is 0 Å². The van der Waals surface area contributed by atoms with Crippen LogP contribution in [-0.4, -0.2) is 48.5 Å². The van der Waals surface area contributed by atoms with E-state index in [1.165, 1.54) is 18.2 Å². The summed E-state index contributed by atoms with van der Waals surface area (Å²) in [5.74, 6) is 0.104. The van der Waals surface area contributed by atoms with Gasteiger partial charge < -0.3 is 15.0 Å². The van der Waals surface area contributed by atoms with Gasteiger partial charge >= 0.3 is 0 Å². The van der Waals surface area contributed by atoms with Gasteiger partial charge in [0.1, 0.15) is 17.4 Å². The molecule has 0 bridgehead atoms. The molecule has 1 atom stereocenters. The highest BCUT2D eigenvalue weighted by Gasteiger charge is 2.25. The van der Waals surface area contributed by atoms with E-state index in [0.717, 1.165) is 48.3 Å². The second-order valence-corrected chi connectivity index (χ2v) is 9.40. The molecule has 1 fully saturated rings. The van der Waals surface area contributed by atoms with Crippen LogP contribution in [0.25, 0.3) is 11.1 Å². The SMILES string of the molecule is CN1CCC(N(Cc2ccc(F)cc2)Cc2cc(-c3ccc4c(c3)OC(C=O)N4)ccc2F)CC1. The predicted octanol–water partition coefficient (Wildman–Crippen LogP) is 5.06. The van der Waals surface area contributed by atoms with Crippen molar-refractivity contribution in [1.82, 2.24) is 9.80 Å². The number of hydrogen-bond acceptors (Lipinski definition) is 5. The zero-order chi connectivity index (χ0) is 24.4. The Kier molecular flexibility index (Phi) is 6.79. The molecule has 0 spiro atoms. The summed E-state index contributed by atoms with van der Waals surface area (Å²) in [5, 5.41) is 2.99. The minimum atomic E-state index is -0.682. The van der Waals surface area contributed by atoms with Crippen LogP contribution in [-0.2, 0) is 17.9 Å². The Labute approximate surface area is 204 Å². The zero-order valence-electron chi connectivity index (χ0n) is 19.7. The maximum Gasteiger partial charge on any atom is 0.226 e. The Morgan fingerprint density at radius 2 is 1.71 bits per heavy atom. The fourth-order valence-electron chi connectivity index (χ4n) is 4.89. The van der Waals surface area contributed by atoms with Crippen LogP contribution in [0.4, 0.5) is 14.5 Å². The molecule has 2 heterocycles. The number of fused-ring (bicyclic) bond motifs is 1. The van der Waals surface area contributed by atoms with Crippen molar-refractivity contribution in [1.29, 1.82) is 0 Å². The Morgan fingerprint density at radius 1 is 1.00 bits per heavy atom. The fourth-order valence-corrected chi connectivity index (χ4v) is 4.89. The summed E-state index contributed by atoms with van der Waals surface area (Å²) in [4.78, 5) is 15.7. The van der Waals surface area contributed by atoms with Crippen molar-refractivity contribution in [2.24, 2.45) is 0 Å². The van der Waals surface area contributed by atoms with E-state index in [-0.39, 0.29) is 11.6 Å². The number of carbonyl (C=O) groups excluding carboxylic acids is 1. The van der Waals surface area contributed by atoms with E-state index in [1.807, 2.05) is 24.3 Å². The van der Waals surface area contributed by atoms with Gasteiger partial charge in [-0.15, -0.1) is 0 Å². The minimum absolute atomic E-state index is 0.245. The lowest BCUT2D eigenvalue weighted by Crippen LogP contribution is -2.43. The smallest absolute Gasteiger partial charge is 0.226 e. The third kappa shape index (κ3) is 5.36. The van der Waals surface area contributed by atoms with Crippen molar-refractivity contribution >= 4 is 12.0 Å².